The number of benzene rings is 1. The fourth-order valence-corrected chi connectivity index (χ4v) is 2.96. The van der Waals surface area contributed by atoms with Crippen molar-refractivity contribution in [3.8, 4) is 0 Å². The number of nitrogens with zero attached hydrogens (tertiary/aromatic N) is 1. The van der Waals surface area contributed by atoms with Crippen molar-refractivity contribution in [2.75, 3.05) is 13.2 Å². The Balaban J connectivity index is 1.89. The average molecular weight is 404 g/mol. The van der Waals surface area contributed by atoms with Crippen LogP contribution < -0.4 is 5.32 Å². The van der Waals surface area contributed by atoms with Crippen molar-refractivity contribution in [2.24, 2.45) is 0 Å². The van der Waals surface area contributed by atoms with Gasteiger partial charge in [-0.25, -0.2) is 9.59 Å². The van der Waals surface area contributed by atoms with Crippen LogP contribution in [0.4, 0.5) is 0 Å². The first-order valence-electron chi connectivity index (χ1n) is 9.61. The molecule has 0 saturated carbocycles. The van der Waals surface area contributed by atoms with Crippen LogP contribution in [-0.4, -0.2) is 53.4 Å². The Kier molecular flexibility index (Phi) is 7.36. The Morgan fingerprint density at radius 2 is 1.79 bits per heavy atom. The zero-order chi connectivity index (χ0) is 21.6. The van der Waals surface area contributed by atoms with Gasteiger partial charge in [0.1, 0.15) is 12.2 Å². The first-order valence-corrected chi connectivity index (χ1v) is 9.61. The zero-order valence-electron chi connectivity index (χ0n) is 17.3. The molecule has 1 aromatic rings. The normalized spacial score (nSPS) is 16.3. The molecule has 1 saturated heterocycles. The molecule has 1 fully saturated rings. The Bertz CT molecular complexity index is 766. The van der Waals surface area contributed by atoms with Crippen molar-refractivity contribution in [3.63, 3.8) is 0 Å². The lowest BCUT2D eigenvalue weighted by Crippen LogP contribution is -2.44. The maximum Gasteiger partial charge on any atom is 0.397 e. The van der Waals surface area contributed by atoms with Gasteiger partial charge in [-0.2, -0.15) is 0 Å². The number of carbonyl (C=O) groups is 4. The largest absolute Gasteiger partial charge is 0.460 e. The summed E-state index contributed by atoms with van der Waals surface area (Å²) in [5.74, 6) is -2.24. The third-order valence-corrected chi connectivity index (χ3v) is 4.35. The maximum atomic E-state index is 12.4. The minimum atomic E-state index is -0.898. The van der Waals surface area contributed by atoms with Gasteiger partial charge in [-0.15, -0.1) is 0 Å². The van der Waals surface area contributed by atoms with Crippen molar-refractivity contribution in [2.45, 2.75) is 58.7 Å². The number of rotatable bonds is 5. The van der Waals surface area contributed by atoms with Gasteiger partial charge >= 0.3 is 17.8 Å². The SMILES string of the molecule is CC(=O)NCc1ccc(C(=O)OC[C@@H]2CCCN2C(=O)C(=O)OC(C)(C)C)cc1. The topological polar surface area (TPSA) is 102 Å². The predicted molar refractivity (Wildman–Crippen MR) is 105 cm³/mol. The van der Waals surface area contributed by atoms with Crippen molar-refractivity contribution in [3.05, 3.63) is 35.4 Å². The van der Waals surface area contributed by atoms with Gasteiger partial charge in [0.2, 0.25) is 5.91 Å². The summed E-state index contributed by atoms with van der Waals surface area (Å²) in [5, 5.41) is 2.68. The third kappa shape index (κ3) is 6.89. The number of amides is 2. The second kappa shape index (κ2) is 9.54. The smallest absolute Gasteiger partial charge is 0.397 e. The summed E-state index contributed by atoms with van der Waals surface area (Å²) in [6, 6.07) is 6.37. The van der Waals surface area contributed by atoms with E-state index in [-0.39, 0.29) is 18.6 Å². The lowest BCUT2D eigenvalue weighted by molar-refractivity contribution is -0.168. The summed E-state index contributed by atoms with van der Waals surface area (Å²) < 4.78 is 10.5. The van der Waals surface area contributed by atoms with Gasteiger partial charge in [-0.1, -0.05) is 12.1 Å². The molecule has 1 N–H and O–H groups in total. The molecule has 29 heavy (non-hydrogen) atoms. The zero-order valence-corrected chi connectivity index (χ0v) is 17.3. The lowest BCUT2D eigenvalue weighted by Gasteiger charge is -2.25. The molecule has 2 rings (SSSR count). The van der Waals surface area contributed by atoms with E-state index in [4.69, 9.17) is 9.47 Å². The van der Waals surface area contributed by atoms with Crippen LogP contribution in [-0.2, 0) is 30.4 Å². The van der Waals surface area contributed by atoms with Crippen LogP contribution in [0.2, 0.25) is 0 Å². The number of likely N-dealkylation sites (tertiary alicyclic amines) is 1. The van der Waals surface area contributed by atoms with Crippen LogP contribution in [0.1, 0.15) is 56.5 Å². The molecular weight excluding hydrogens is 376 g/mol. The standard InChI is InChI=1S/C21H28N2O6/c1-14(24)22-12-15-7-9-16(10-8-15)19(26)28-13-17-6-5-11-23(17)18(25)20(27)29-21(2,3)4/h7-10,17H,5-6,11-13H2,1-4H3,(H,22,24)/t17-/m0/s1. The molecule has 0 aliphatic carbocycles. The number of esters is 2. The number of nitrogens with one attached hydrogen (secondary N) is 1. The fraction of sp³-hybridized carbons (Fsp3) is 0.524. The molecule has 8 heteroatoms. The molecule has 1 heterocycles. The van der Waals surface area contributed by atoms with Gasteiger partial charge < -0.3 is 19.7 Å². The first kappa shape index (κ1) is 22.4. The van der Waals surface area contributed by atoms with Gasteiger partial charge in [0.05, 0.1) is 11.6 Å². The van der Waals surface area contributed by atoms with E-state index in [1.165, 1.54) is 11.8 Å². The summed E-state index contributed by atoms with van der Waals surface area (Å²) in [5.41, 5.74) is 0.488. The molecule has 1 aliphatic rings. The van der Waals surface area contributed by atoms with E-state index in [0.717, 1.165) is 12.0 Å². The van der Waals surface area contributed by atoms with Crippen molar-refractivity contribution in [1.29, 1.82) is 0 Å². The van der Waals surface area contributed by atoms with Crippen LogP contribution in [0.3, 0.4) is 0 Å². The minimum absolute atomic E-state index is 0.0149. The van der Waals surface area contributed by atoms with E-state index in [1.54, 1.807) is 45.0 Å². The molecule has 158 valence electrons. The third-order valence-electron chi connectivity index (χ3n) is 4.35. The van der Waals surface area contributed by atoms with Gasteiger partial charge in [0.25, 0.3) is 0 Å². The highest BCUT2D eigenvalue weighted by molar-refractivity contribution is 6.32. The highest BCUT2D eigenvalue weighted by Crippen LogP contribution is 2.20. The van der Waals surface area contributed by atoms with Crippen LogP contribution in [0.5, 0.6) is 0 Å². The molecular formula is C21H28N2O6. The predicted octanol–water partition coefficient (Wildman–Crippen LogP) is 1.81. The van der Waals surface area contributed by atoms with Crippen LogP contribution in [0, 0.1) is 0 Å². The monoisotopic (exact) mass is 404 g/mol. The van der Waals surface area contributed by atoms with E-state index >= 15 is 0 Å². The number of carbonyl (C=O) groups excluding carboxylic acids is 4. The highest BCUT2D eigenvalue weighted by Gasteiger charge is 2.35. The van der Waals surface area contributed by atoms with Crippen molar-refractivity contribution in [1.82, 2.24) is 10.2 Å². The number of ether oxygens (including phenoxy) is 2. The Hall–Kier alpha value is -2.90. The van der Waals surface area contributed by atoms with E-state index < -0.39 is 23.4 Å². The Morgan fingerprint density at radius 3 is 2.38 bits per heavy atom. The first-order chi connectivity index (χ1) is 13.6. The van der Waals surface area contributed by atoms with Gasteiger partial charge in [-0.05, 0) is 51.3 Å². The molecule has 0 spiro atoms. The summed E-state index contributed by atoms with van der Waals surface area (Å²) in [6.07, 6.45) is 1.38. The molecule has 0 radical (unpaired) electrons. The maximum absolute atomic E-state index is 12.4. The molecule has 2 amide bonds. The highest BCUT2D eigenvalue weighted by atomic mass is 16.6. The van der Waals surface area contributed by atoms with E-state index in [2.05, 4.69) is 5.32 Å². The van der Waals surface area contributed by atoms with Crippen LogP contribution in [0.25, 0.3) is 0 Å². The molecule has 0 bridgehead atoms. The lowest BCUT2D eigenvalue weighted by atomic mass is 10.1. The van der Waals surface area contributed by atoms with E-state index in [0.29, 0.717) is 25.1 Å². The van der Waals surface area contributed by atoms with E-state index in [1.807, 2.05) is 0 Å². The molecule has 0 aromatic heterocycles. The number of hydrogen-bond donors (Lipinski definition) is 1. The van der Waals surface area contributed by atoms with Gasteiger partial charge in [0, 0.05) is 20.0 Å². The Labute approximate surface area is 170 Å². The molecule has 0 unspecified atom stereocenters. The Morgan fingerprint density at radius 1 is 1.14 bits per heavy atom. The van der Waals surface area contributed by atoms with Crippen molar-refractivity contribution < 1.29 is 28.7 Å². The van der Waals surface area contributed by atoms with Crippen LogP contribution >= 0.6 is 0 Å². The molecule has 8 nitrogen and oxygen atoms in total. The quantitative estimate of drug-likeness (QED) is 0.593. The minimum Gasteiger partial charge on any atom is -0.460 e. The second-order valence-electron chi connectivity index (χ2n) is 8.00. The van der Waals surface area contributed by atoms with Gasteiger partial charge in [0.15, 0.2) is 0 Å². The van der Waals surface area contributed by atoms with E-state index in [9.17, 15) is 19.2 Å². The molecule has 1 atom stereocenters. The molecule has 1 aromatic carbocycles. The average Bonchev–Trinajstić information content (AvgIpc) is 3.11. The number of hydrogen-bond acceptors (Lipinski definition) is 6. The molecule has 1 aliphatic heterocycles. The summed E-state index contributed by atoms with van der Waals surface area (Å²) >= 11 is 0. The van der Waals surface area contributed by atoms with Crippen molar-refractivity contribution >= 4 is 23.8 Å². The summed E-state index contributed by atoms with van der Waals surface area (Å²) in [6.45, 7) is 7.36. The summed E-state index contributed by atoms with van der Waals surface area (Å²) in [7, 11) is 0. The fourth-order valence-electron chi connectivity index (χ4n) is 2.96. The van der Waals surface area contributed by atoms with Crippen LogP contribution in [0.15, 0.2) is 24.3 Å². The summed E-state index contributed by atoms with van der Waals surface area (Å²) in [4.78, 5) is 49.1. The second-order valence-corrected chi connectivity index (χ2v) is 8.00. The van der Waals surface area contributed by atoms with Gasteiger partial charge in [-0.3, -0.25) is 9.59 Å².